The Balaban J connectivity index is 1.36. The maximum atomic E-state index is 12.8. The van der Waals surface area contributed by atoms with Gasteiger partial charge < -0.3 is 15.1 Å². The van der Waals surface area contributed by atoms with Crippen molar-refractivity contribution < 1.29 is 4.79 Å². The number of rotatable bonds is 4. The van der Waals surface area contributed by atoms with Gasteiger partial charge in [0.15, 0.2) is 11.6 Å². The largest absolute Gasteiger partial charge is 0.352 e. The van der Waals surface area contributed by atoms with Crippen LogP contribution in [-0.2, 0) is 0 Å². The molecule has 0 spiro atoms. The molecular formula is C22H24N6O. The van der Waals surface area contributed by atoms with E-state index in [1.807, 2.05) is 61.2 Å². The van der Waals surface area contributed by atoms with E-state index in [0.717, 1.165) is 41.4 Å². The summed E-state index contributed by atoms with van der Waals surface area (Å²) in [5.74, 6) is 2.29. The molecule has 1 aliphatic heterocycles. The van der Waals surface area contributed by atoms with Crippen LogP contribution in [0.4, 0.5) is 17.5 Å². The van der Waals surface area contributed by atoms with Gasteiger partial charge in [-0.3, -0.25) is 4.79 Å². The Labute approximate surface area is 170 Å². The molecule has 29 heavy (non-hydrogen) atoms. The molecule has 1 fully saturated rings. The Hall–Kier alpha value is -3.48. The van der Waals surface area contributed by atoms with Crippen molar-refractivity contribution in [2.45, 2.75) is 13.8 Å². The van der Waals surface area contributed by atoms with Gasteiger partial charge in [-0.2, -0.15) is 0 Å². The number of hydrogen-bond acceptors (Lipinski definition) is 6. The Bertz CT molecular complexity index is 962. The van der Waals surface area contributed by atoms with Crippen LogP contribution in [0.25, 0.3) is 0 Å². The van der Waals surface area contributed by atoms with Gasteiger partial charge in [0, 0.05) is 37.9 Å². The molecule has 1 N–H and O–H groups in total. The van der Waals surface area contributed by atoms with Gasteiger partial charge in [-0.25, -0.2) is 4.98 Å². The number of carbonyl (C=O) groups excluding carboxylic acids is 1. The molecule has 7 heteroatoms. The maximum Gasteiger partial charge on any atom is 0.253 e. The first kappa shape index (κ1) is 18.9. The number of anilines is 3. The highest BCUT2D eigenvalue weighted by atomic mass is 16.2. The van der Waals surface area contributed by atoms with Crippen LogP contribution >= 0.6 is 0 Å². The average Bonchev–Trinajstić information content (AvgIpc) is 2.74. The Morgan fingerprint density at radius 3 is 2.28 bits per heavy atom. The van der Waals surface area contributed by atoms with E-state index in [1.54, 1.807) is 6.20 Å². The quantitative estimate of drug-likeness (QED) is 0.740. The minimum Gasteiger partial charge on any atom is -0.352 e. The van der Waals surface area contributed by atoms with Gasteiger partial charge in [0.25, 0.3) is 5.91 Å². The van der Waals surface area contributed by atoms with Gasteiger partial charge in [0.05, 0.1) is 0 Å². The molecule has 3 heterocycles. The number of amides is 1. The van der Waals surface area contributed by atoms with Crippen LogP contribution in [0.3, 0.4) is 0 Å². The summed E-state index contributed by atoms with van der Waals surface area (Å²) in [4.78, 5) is 21.1. The van der Waals surface area contributed by atoms with Gasteiger partial charge in [-0.1, -0.05) is 23.3 Å². The number of piperazine rings is 1. The molecule has 0 unspecified atom stereocenters. The van der Waals surface area contributed by atoms with Crippen molar-refractivity contribution in [1.29, 1.82) is 0 Å². The van der Waals surface area contributed by atoms with Gasteiger partial charge in [0.1, 0.15) is 5.82 Å². The first-order valence-corrected chi connectivity index (χ1v) is 9.73. The third kappa shape index (κ3) is 4.51. The second kappa shape index (κ2) is 8.26. The van der Waals surface area contributed by atoms with E-state index in [0.29, 0.717) is 18.9 Å². The summed E-state index contributed by atoms with van der Waals surface area (Å²) in [7, 11) is 0. The minimum atomic E-state index is 0.0949. The van der Waals surface area contributed by atoms with Crippen molar-refractivity contribution in [3.05, 3.63) is 71.4 Å². The summed E-state index contributed by atoms with van der Waals surface area (Å²) in [5, 5.41) is 11.7. The molecule has 4 rings (SSSR count). The van der Waals surface area contributed by atoms with Crippen molar-refractivity contribution in [1.82, 2.24) is 20.1 Å². The lowest BCUT2D eigenvalue weighted by Crippen LogP contribution is -2.49. The Morgan fingerprint density at radius 1 is 0.897 bits per heavy atom. The van der Waals surface area contributed by atoms with Gasteiger partial charge in [-0.15, -0.1) is 10.2 Å². The average molecular weight is 388 g/mol. The number of carbonyl (C=O) groups is 1. The smallest absolute Gasteiger partial charge is 0.253 e. The van der Waals surface area contributed by atoms with Crippen LogP contribution in [0.15, 0.2) is 54.7 Å². The molecule has 0 aliphatic carbocycles. The number of nitrogens with zero attached hydrogens (tertiary/aromatic N) is 5. The highest BCUT2D eigenvalue weighted by Crippen LogP contribution is 2.18. The summed E-state index contributed by atoms with van der Waals surface area (Å²) in [6.45, 7) is 6.85. The molecule has 1 aromatic carbocycles. The van der Waals surface area contributed by atoms with Gasteiger partial charge >= 0.3 is 0 Å². The van der Waals surface area contributed by atoms with Crippen molar-refractivity contribution in [3.63, 3.8) is 0 Å². The number of pyridine rings is 1. The first-order chi connectivity index (χ1) is 14.1. The number of aromatic nitrogens is 3. The van der Waals surface area contributed by atoms with Crippen LogP contribution < -0.4 is 10.2 Å². The van der Waals surface area contributed by atoms with Crippen molar-refractivity contribution in [2.24, 2.45) is 0 Å². The molecule has 1 saturated heterocycles. The van der Waals surface area contributed by atoms with Crippen molar-refractivity contribution in [3.8, 4) is 0 Å². The molecular weight excluding hydrogens is 364 g/mol. The molecule has 1 amide bonds. The Kier molecular flexibility index (Phi) is 5.37. The third-order valence-corrected chi connectivity index (χ3v) is 4.93. The fourth-order valence-electron chi connectivity index (χ4n) is 3.55. The normalized spacial score (nSPS) is 14.0. The van der Waals surface area contributed by atoms with E-state index in [2.05, 4.69) is 31.5 Å². The Morgan fingerprint density at radius 2 is 1.66 bits per heavy atom. The maximum absolute atomic E-state index is 12.8. The highest BCUT2D eigenvalue weighted by Gasteiger charge is 2.23. The molecule has 0 radical (unpaired) electrons. The van der Waals surface area contributed by atoms with Crippen LogP contribution in [0.1, 0.15) is 21.5 Å². The molecule has 0 atom stereocenters. The van der Waals surface area contributed by atoms with Crippen LogP contribution in [0, 0.1) is 13.8 Å². The van der Waals surface area contributed by atoms with E-state index in [1.165, 1.54) is 0 Å². The lowest BCUT2D eigenvalue weighted by molar-refractivity contribution is 0.0746. The standard InChI is InChI=1S/C22H24N6O/c1-16-13-17(2)15-18(14-16)22(29)28-11-9-27(10-12-28)21-7-6-20(25-26-21)24-19-5-3-4-8-23-19/h3-8,13-15H,9-12H2,1-2H3,(H,23,24,25). The zero-order valence-corrected chi connectivity index (χ0v) is 16.7. The topological polar surface area (TPSA) is 74.2 Å². The summed E-state index contributed by atoms with van der Waals surface area (Å²) in [6.07, 6.45) is 1.73. The summed E-state index contributed by atoms with van der Waals surface area (Å²) in [6, 6.07) is 15.5. The molecule has 148 valence electrons. The number of nitrogens with one attached hydrogen (secondary N) is 1. The SMILES string of the molecule is Cc1cc(C)cc(C(=O)N2CCN(c3ccc(Nc4ccccn4)nn3)CC2)c1. The first-order valence-electron chi connectivity index (χ1n) is 9.73. The molecule has 1 aliphatic rings. The molecule has 2 aromatic heterocycles. The fraction of sp³-hybridized carbons (Fsp3) is 0.273. The van der Waals surface area contributed by atoms with E-state index in [-0.39, 0.29) is 5.91 Å². The van der Waals surface area contributed by atoms with Crippen molar-refractivity contribution >= 4 is 23.4 Å². The highest BCUT2D eigenvalue weighted by molar-refractivity contribution is 5.94. The zero-order valence-electron chi connectivity index (χ0n) is 16.7. The predicted molar refractivity (Wildman–Crippen MR) is 114 cm³/mol. The molecule has 0 saturated carbocycles. The van der Waals surface area contributed by atoms with E-state index < -0.39 is 0 Å². The van der Waals surface area contributed by atoms with Gasteiger partial charge in [-0.05, 0) is 50.2 Å². The van der Waals surface area contributed by atoms with E-state index in [9.17, 15) is 4.79 Å². The monoisotopic (exact) mass is 388 g/mol. The van der Waals surface area contributed by atoms with Crippen molar-refractivity contribution in [2.75, 3.05) is 36.4 Å². The van der Waals surface area contributed by atoms with E-state index >= 15 is 0 Å². The van der Waals surface area contributed by atoms with Crippen LogP contribution in [0.5, 0.6) is 0 Å². The van der Waals surface area contributed by atoms with Crippen LogP contribution in [-0.4, -0.2) is 52.2 Å². The third-order valence-electron chi connectivity index (χ3n) is 4.93. The summed E-state index contributed by atoms with van der Waals surface area (Å²) in [5.41, 5.74) is 2.99. The molecule has 3 aromatic rings. The zero-order chi connectivity index (χ0) is 20.2. The second-order valence-corrected chi connectivity index (χ2v) is 7.27. The number of benzene rings is 1. The fourth-order valence-corrected chi connectivity index (χ4v) is 3.55. The minimum absolute atomic E-state index is 0.0949. The van der Waals surface area contributed by atoms with E-state index in [4.69, 9.17) is 0 Å². The lowest BCUT2D eigenvalue weighted by Gasteiger charge is -2.35. The molecule has 0 bridgehead atoms. The number of hydrogen-bond donors (Lipinski definition) is 1. The summed E-state index contributed by atoms with van der Waals surface area (Å²) >= 11 is 0. The predicted octanol–water partition coefficient (Wildman–Crippen LogP) is 3.19. The lowest BCUT2D eigenvalue weighted by atomic mass is 10.1. The summed E-state index contributed by atoms with van der Waals surface area (Å²) < 4.78 is 0. The molecule has 7 nitrogen and oxygen atoms in total. The second-order valence-electron chi connectivity index (χ2n) is 7.27. The number of aryl methyl sites for hydroxylation is 2. The van der Waals surface area contributed by atoms with Crippen LogP contribution in [0.2, 0.25) is 0 Å². The van der Waals surface area contributed by atoms with Gasteiger partial charge in [0.2, 0.25) is 0 Å².